The first-order valence-corrected chi connectivity index (χ1v) is 8.41. The van der Waals surface area contributed by atoms with Crippen molar-refractivity contribution in [2.24, 2.45) is 5.73 Å². The van der Waals surface area contributed by atoms with Gasteiger partial charge < -0.3 is 10.7 Å². The van der Waals surface area contributed by atoms with Gasteiger partial charge in [-0.2, -0.15) is 0 Å². The summed E-state index contributed by atoms with van der Waals surface area (Å²) >= 11 is 3.23. The standard InChI is InChI=1S/C14H19N3OS2/c1-3-4-10-7-12(18)17-14(16-10)20-11(8-15)13-9(2)5-6-19-13/h5-7,11H,3-4,8,15H2,1-2H3,(H,16,17,18). The highest BCUT2D eigenvalue weighted by atomic mass is 32.2. The number of aryl methyl sites for hydroxylation is 2. The molecule has 2 heterocycles. The molecule has 2 aromatic heterocycles. The van der Waals surface area contributed by atoms with Crippen LogP contribution in [0.2, 0.25) is 0 Å². The van der Waals surface area contributed by atoms with Crippen molar-refractivity contribution in [2.75, 3.05) is 6.54 Å². The Kier molecular flexibility index (Phi) is 5.39. The minimum absolute atomic E-state index is 0.0929. The Morgan fingerprint density at radius 2 is 2.35 bits per heavy atom. The Morgan fingerprint density at radius 1 is 1.55 bits per heavy atom. The third-order valence-electron chi connectivity index (χ3n) is 2.94. The van der Waals surface area contributed by atoms with E-state index in [2.05, 4.69) is 35.3 Å². The van der Waals surface area contributed by atoms with Crippen molar-refractivity contribution in [3.63, 3.8) is 0 Å². The van der Waals surface area contributed by atoms with Gasteiger partial charge in [0.25, 0.3) is 5.56 Å². The van der Waals surface area contributed by atoms with E-state index in [4.69, 9.17) is 5.73 Å². The summed E-state index contributed by atoms with van der Waals surface area (Å²) in [6, 6.07) is 3.66. The molecule has 1 unspecified atom stereocenters. The maximum Gasteiger partial charge on any atom is 0.251 e. The van der Waals surface area contributed by atoms with Crippen LogP contribution in [0.5, 0.6) is 0 Å². The zero-order chi connectivity index (χ0) is 14.5. The van der Waals surface area contributed by atoms with Gasteiger partial charge in [-0.3, -0.25) is 4.79 Å². The monoisotopic (exact) mass is 309 g/mol. The Labute approximate surface area is 126 Å². The maximum absolute atomic E-state index is 11.7. The van der Waals surface area contributed by atoms with Crippen molar-refractivity contribution in [3.05, 3.63) is 44.0 Å². The average molecular weight is 309 g/mol. The molecule has 0 saturated heterocycles. The fraction of sp³-hybridized carbons (Fsp3) is 0.429. The highest BCUT2D eigenvalue weighted by molar-refractivity contribution is 7.99. The first kappa shape index (κ1) is 15.3. The second-order valence-corrected chi connectivity index (χ2v) is 6.74. The zero-order valence-corrected chi connectivity index (χ0v) is 13.3. The van der Waals surface area contributed by atoms with Gasteiger partial charge in [-0.15, -0.1) is 11.3 Å². The Balaban J connectivity index is 2.23. The molecule has 0 saturated carbocycles. The van der Waals surface area contributed by atoms with Crippen molar-refractivity contribution >= 4 is 23.1 Å². The number of thiophene rings is 1. The van der Waals surface area contributed by atoms with Crippen LogP contribution in [0.25, 0.3) is 0 Å². The van der Waals surface area contributed by atoms with E-state index >= 15 is 0 Å². The summed E-state index contributed by atoms with van der Waals surface area (Å²) in [5, 5.41) is 2.86. The fourth-order valence-electron chi connectivity index (χ4n) is 1.98. The van der Waals surface area contributed by atoms with Gasteiger partial charge in [0.2, 0.25) is 0 Å². The van der Waals surface area contributed by atoms with Crippen LogP contribution < -0.4 is 11.3 Å². The molecule has 3 N–H and O–H groups in total. The number of hydrogen-bond donors (Lipinski definition) is 2. The van der Waals surface area contributed by atoms with Crippen LogP contribution in [0, 0.1) is 6.92 Å². The van der Waals surface area contributed by atoms with E-state index in [9.17, 15) is 4.79 Å². The predicted molar refractivity (Wildman–Crippen MR) is 85.6 cm³/mol. The van der Waals surface area contributed by atoms with Gasteiger partial charge in [0.15, 0.2) is 5.16 Å². The quantitative estimate of drug-likeness (QED) is 0.636. The number of aromatic amines is 1. The molecule has 0 aliphatic rings. The van der Waals surface area contributed by atoms with E-state index in [-0.39, 0.29) is 10.8 Å². The van der Waals surface area contributed by atoms with Crippen molar-refractivity contribution < 1.29 is 0 Å². The summed E-state index contributed by atoms with van der Waals surface area (Å²) in [4.78, 5) is 20.2. The van der Waals surface area contributed by atoms with Gasteiger partial charge in [-0.05, 0) is 30.4 Å². The van der Waals surface area contributed by atoms with Crippen LogP contribution >= 0.6 is 23.1 Å². The fourth-order valence-corrected chi connectivity index (χ4v) is 4.20. The number of rotatable bonds is 6. The molecular weight excluding hydrogens is 290 g/mol. The molecule has 108 valence electrons. The van der Waals surface area contributed by atoms with Crippen LogP contribution in [0.1, 0.15) is 34.7 Å². The van der Waals surface area contributed by atoms with Crippen molar-refractivity contribution in [3.8, 4) is 0 Å². The number of nitrogens with zero attached hydrogens (tertiary/aromatic N) is 1. The third-order valence-corrected chi connectivity index (χ3v) is 5.35. The van der Waals surface area contributed by atoms with E-state index in [1.165, 1.54) is 22.2 Å². The van der Waals surface area contributed by atoms with Crippen LogP contribution in [0.3, 0.4) is 0 Å². The second-order valence-electron chi connectivity index (χ2n) is 4.60. The van der Waals surface area contributed by atoms with Gasteiger partial charge in [-0.25, -0.2) is 4.98 Å². The molecule has 2 rings (SSSR count). The lowest BCUT2D eigenvalue weighted by atomic mass is 10.2. The van der Waals surface area contributed by atoms with E-state index in [0.717, 1.165) is 18.5 Å². The summed E-state index contributed by atoms with van der Waals surface area (Å²) < 4.78 is 0. The molecule has 2 aromatic rings. The van der Waals surface area contributed by atoms with Gasteiger partial charge in [0.1, 0.15) is 0 Å². The molecule has 0 radical (unpaired) electrons. The summed E-state index contributed by atoms with van der Waals surface area (Å²) in [5.74, 6) is 0. The minimum Gasteiger partial charge on any atom is -0.329 e. The Bertz CT molecular complexity index is 621. The molecule has 0 amide bonds. The molecule has 0 spiro atoms. The number of nitrogens with one attached hydrogen (secondary N) is 1. The second kappa shape index (κ2) is 7.06. The lowest BCUT2D eigenvalue weighted by Gasteiger charge is -2.13. The molecule has 0 aromatic carbocycles. The highest BCUT2D eigenvalue weighted by Crippen LogP contribution is 2.36. The van der Waals surface area contributed by atoms with Crippen LogP contribution in [-0.4, -0.2) is 16.5 Å². The van der Waals surface area contributed by atoms with Crippen molar-refractivity contribution in [2.45, 2.75) is 37.1 Å². The average Bonchev–Trinajstić information content (AvgIpc) is 2.82. The Hall–Kier alpha value is -1.11. The predicted octanol–water partition coefficient (Wildman–Crippen LogP) is 2.88. The van der Waals surface area contributed by atoms with Gasteiger partial charge >= 0.3 is 0 Å². The van der Waals surface area contributed by atoms with E-state index < -0.39 is 0 Å². The number of nitrogens with two attached hydrogens (primary N) is 1. The largest absolute Gasteiger partial charge is 0.329 e. The van der Waals surface area contributed by atoms with Gasteiger partial charge in [0.05, 0.1) is 5.25 Å². The molecule has 6 heteroatoms. The molecule has 0 aliphatic heterocycles. The van der Waals surface area contributed by atoms with E-state index in [0.29, 0.717) is 11.7 Å². The summed E-state index contributed by atoms with van der Waals surface area (Å²) in [6.45, 7) is 4.68. The summed E-state index contributed by atoms with van der Waals surface area (Å²) in [5.41, 5.74) is 7.87. The smallest absolute Gasteiger partial charge is 0.251 e. The number of hydrogen-bond acceptors (Lipinski definition) is 5. The third kappa shape index (κ3) is 3.71. The first-order chi connectivity index (χ1) is 9.63. The van der Waals surface area contributed by atoms with Gasteiger partial charge in [0, 0.05) is 23.2 Å². The van der Waals surface area contributed by atoms with Gasteiger partial charge in [-0.1, -0.05) is 25.1 Å². The molecule has 0 fully saturated rings. The number of thioether (sulfide) groups is 1. The molecule has 20 heavy (non-hydrogen) atoms. The van der Waals surface area contributed by atoms with Crippen LogP contribution in [0.4, 0.5) is 0 Å². The van der Waals surface area contributed by atoms with Crippen molar-refractivity contribution in [1.82, 2.24) is 9.97 Å². The zero-order valence-electron chi connectivity index (χ0n) is 11.7. The minimum atomic E-state index is -0.0929. The lowest BCUT2D eigenvalue weighted by molar-refractivity contribution is 0.811. The molecule has 4 nitrogen and oxygen atoms in total. The normalized spacial score (nSPS) is 12.6. The molecule has 0 bridgehead atoms. The maximum atomic E-state index is 11.7. The topological polar surface area (TPSA) is 71.8 Å². The lowest BCUT2D eigenvalue weighted by Crippen LogP contribution is -2.13. The molecular formula is C14H19N3OS2. The SMILES string of the molecule is CCCc1cc(=O)[nH]c(SC(CN)c2sccc2C)n1. The van der Waals surface area contributed by atoms with Crippen LogP contribution in [0.15, 0.2) is 27.5 Å². The summed E-state index contributed by atoms with van der Waals surface area (Å²) in [7, 11) is 0. The van der Waals surface area contributed by atoms with Crippen LogP contribution in [-0.2, 0) is 6.42 Å². The number of H-pyrrole nitrogens is 1. The van der Waals surface area contributed by atoms with Crippen molar-refractivity contribution in [1.29, 1.82) is 0 Å². The molecule has 1 atom stereocenters. The summed E-state index contributed by atoms with van der Waals surface area (Å²) in [6.07, 6.45) is 1.80. The highest BCUT2D eigenvalue weighted by Gasteiger charge is 2.16. The molecule has 0 aliphatic carbocycles. The van der Waals surface area contributed by atoms with E-state index in [1.807, 2.05) is 0 Å². The first-order valence-electron chi connectivity index (χ1n) is 6.65. The Morgan fingerprint density at radius 3 is 2.95 bits per heavy atom. The number of aromatic nitrogens is 2. The van der Waals surface area contributed by atoms with E-state index in [1.54, 1.807) is 17.4 Å².